The van der Waals surface area contributed by atoms with E-state index in [1.165, 1.54) is 11.6 Å². The van der Waals surface area contributed by atoms with Crippen molar-refractivity contribution in [3.8, 4) is 17.6 Å². The van der Waals surface area contributed by atoms with Crippen LogP contribution in [0.1, 0.15) is 22.8 Å². The van der Waals surface area contributed by atoms with Crippen LogP contribution >= 0.6 is 0 Å². The molecule has 2 nitrogen and oxygen atoms in total. The van der Waals surface area contributed by atoms with Gasteiger partial charge in [0.1, 0.15) is 11.9 Å². The van der Waals surface area contributed by atoms with Gasteiger partial charge in [-0.2, -0.15) is 0 Å². The Morgan fingerprint density at radius 2 is 1.67 bits per heavy atom. The van der Waals surface area contributed by atoms with E-state index in [1.54, 1.807) is 18.2 Å². The van der Waals surface area contributed by atoms with Gasteiger partial charge in [-0.15, -0.1) is 0 Å². The van der Waals surface area contributed by atoms with E-state index < -0.39 is 6.10 Å². The van der Waals surface area contributed by atoms with Gasteiger partial charge in [0.05, 0.1) is 0 Å². The van der Waals surface area contributed by atoms with Crippen LogP contribution < -0.4 is 0 Å². The Morgan fingerprint density at radius 3 is 2.33 bits per heavy atom. The number of aryl methyl sites for hydroxylation is 1. The quantitative estimate of drug-likeness (QED) is 0.750. The topological polar surface area (TPSA) is 40.5 Å². The Bertz CT molecular complexity index is 588. The molecule has 0 heterocycles. The molecule has 0 aromatic heterocycles. The fourth-order valence-electron chi connectivity index (χ4n) is 1.59. The maximum absolute atomic E-state index is 9.88. The van der Waals surface area contributed by atoms with E-state index in [0.717, 1.165) is 5.56 Å². The number of aliphatic hydroxyl groups is 1. The summed E-state index contributed by atoms with van der Waals surface area (Å²) in [6.45, 7) is 2.01. The number of phenols is 1. The maximum atomic E-state index is 9.88. The maximum Gasteiger partial charge on any atom is 0.144 e. The average Bonchev–Trinajstić information content (AvgIpc) is 2.38. The second-order valence-electron chi connectivity index (χ2n) is 4.10. The first-order valence-electron chi connectivity index (χ1n) is 5.71. The molecule has 2 N–H and O–H groups in total. The van der Waals surface area contributed by atoms with Crippen molar-refractivity contribution in [3.63, 3.8) is 0 Å². The van der Waals surface area contributed by atoms with E-state index in [-0.39, 0.29) is 5.75 Å². The first-order chi connectivity index (χ1) is 8.66. The molecule has 1 atom stereocenters. The van der Waals surface area contributed by atoms with Crippen molar-refractivity contribution in [1.82, 2.24) is 0 Å². The number of phenolic OH excluding ortho intramolecular Hbond substituents is 1. The van der Waals surface area contributed by atoms with Crippen molar-refractivity contribution in [3.05, 3.63) is 65.2 Å². The highest BCUT2D eigenvalue weighted by atomic mass is 16.3. The predicted octanol–water partition coefficient (Wildman–Crippen LogP) is 2.79. The molecule has 2 heteroatoms. The Hall–Kier alpha value is -2.24. The third kappa shape index (κ3) is 2.91. The molecule has 0 radical (unpaired) electrons. The van der Waals surface area contributed by atoms with Crippen LogP contribution in [-0.4, -0.2) is 10.2 Å². The van der Waals surface area contributed by atoms with Crippen LogP contribution in [0, 0.1) is 18.8 Å². The molecule has 0 aliphatic rings. The summed E-state index contributed by atoms with van der Waals surface area (Å²) >= 11 is 0. The minimum atomic E-state index is -0.979. The minimum absolute atomic E-state index is 0.0585. The van der Waals surface area contributed by atoms with Gasteiger partial charge >= 0.3 is 0 Å². The van der Waals surface area contributed by atoms with Crippen molar-refractivity contribution in [2.75, 3.05) is 0 Å². The van der Waals surface area contributed by atoms with E-state index in [9.17, 15) is 10.2 Å². The summed E-state index contributed by atoms with van der Waals surface area (Å²) in [7, 11) is 0. The number of benzene rings is 2. The highest BCUT2D eigenvalue weighted by Gasteiger charge is 2.07. The molecule has 0 aliphatic carbocycles. The summed E-state index contributed by atoms with van der Waals surface area (Å²) < 4.78 is 0. The lowest BCUT2D eigenvalue weighted by atomic mass is 10.1. The van der Waals surface area contributed by atoms with Crippen molar-refractivity contribution in [1.29, 1.82) is 0 Å². The molecule has 2 rings (SSSR count). The lowest BCUT2D eigenvalue weighted by Crippen LogP contribution is -1.93. The Balaban J connectivity index is 2.20. The largest absolute Gasteiger partial charge is 0.508 e. The van der Waals surface area contributed by atoms with Crippen molar-refractivity contribution in [2.45, 2.75) is 13.0 Å². The van der Waals surface area contributed by atoms with E-state index in [4.69, 9.17) is 0 Å². The van der Waals surface area contributed by atoms with Crippen molar-refractivity contribution >= 4 is 0 Å². The summed E-state index contributed by atoms with van der Waals surface area (Å²) in [5.74, 6) is 5.67. The van der Waals surface area contributed by atoms with Crippen molar-refractivity contribution in [2.24, 2.45) is 0 Å². The molecule has 2 aromatic rings. The second-order valence-corrected chi connectivity index (χ2v) is 4.10. The molecule has 0 fully saturated rings. The number of hydrogen-bond donors (Lipinski definition) is 2. The molecule has 90 valence electrons. The van der Waals surface area contributed by atoms with E-state index in [2.05, 4.69) is 11.8 Å². The smallest absolute Gasteiger partial charge is 0.144 e. The van der Waals surface area contributed by atoms with Crippen LogP contribution in [0.5, 0.6) is 5.75 Å². The number of aromatic hydroxyl groups is 1. The predicted molar refractivity (Wildman–Crippen MR) is 71.1 cm³/mol. The number of hydrogen-bond acceptors (Lipinski definition) is 2. The molecular formula is C16H14O2. The average molecular weight is 238 g/mol. The number of rotatable bonds is 1. The second kappa shape index (κ2) is 5.39. The Labute approximate surface area is 107 Å². The highest BCUT2D eigenvalue weighted by molar-refractivity contribution is 5.41. The lowest BCUT2D eigenvalue weighted by molar-refractivity contribution is 0.233. The zero-order valence-corrected chi connectivity index (χ0v) is 10.1. The number of aliphatic hydroxyl groups excluding tert-OH is 1. The van der Waals surface area contributed by atoms with Crippen LogP contribution in [-0.2, 0) is 0 Å². The molecule has 0 amide bonds. The van der Waals surface area contributed by atoms with E-state index in [0.29, 0.717) is 5.56 Å². The summed E-state index contributed by atoms with van der Waals surface area (Å²) in [4.78, 5) is 0. The van der Waals surface area contributed by atoms with Gasteiger partial charge in [-0.1, -0.05) is 47.7 Å². The third-order valence-electron chi connectivity index (χ3n) is 2.64. The molecular weight excluding hydrogens is 224 g/mol. The normalized spacial score (nSPS) is 11.4. The zero-order chi connectivity index (χ0) is 13.0. The highest BCUT2D eigenvalue weighted by Crippen LogP contribution is 2.22. The summed E-state index contributed by atoms with van der Waals surface area (Å²) in [6, 6.07) is 14.4. The van der Waals surface area contributed by atoms with Gasteiger partial charge in [0, 0.05) is 11.1 Å². The van der Waals surface area contributed by atoms with Gasteiger partial charge in [-0.3, -0.25) is 0 Å². The first kappa shape index (κ1) is 12.2. The van der Waals surface area contributed by atoms with Gasteiger partial charge in [-0.05, 0) is 25.1 Å². The summed E-state index contributed by atoms with van der Waals surface area (Å²) in [5, 5.41) is 19.5. The van der Waals surface area contributed by atoms with E-state index >= 15 is 0 Å². The molecule has 0 bridgehead atoms. The van der Waals surface area contributed by atoms with Gasteiger partial charge < -0.3 is 10.2 Å². The van der Waals surface area contributed by atoms with Gasteiger partial charge in [0.25, 0.3) is 0 Å². The fraction of sp³-hybridized carbons (Fsp3) is 0.125. The molecule has 0 saturated carbocycles. The lowest BCUT2D eigenvalue weighted by Gasteiger charge is -2.05. The van der Waals surface area contributed by atoms with Crippen LogP contribution in [0.15, 0.2) is 48.5 Å². The van der Waals surface area contributed by atoms with Crippen LogP contribution in [0.3, 0.4) is 0 Å². The van der Waals surface area contributed by atoms with Gasteiger partial charge in [0.15, 0.2) is 0 Å². The fourth-order valence-corrected chi connectivity index (χ4v) is 1.59. The Kier molecular flexibility index (Phi) is 3.66. The Morgan fingerprint density at radius 1 is 1.00 bits per heavy atom. The molecule has 2 aromatic carbocycles. The molecule has 18 heavy (non-hydrogen) atoms. The van der Waals surface area contributed by atoms with Crippen LogP contribution in [0.25, 0.3) is 0 Å². The van der Waals surface area contributed by atoms with Crippen LogP contribution in [0.2, 0.25) is 0 Å². The minimum Gasteiger partial charge on any atom is -0.508 e. The molecule has 0 spiro atoms. The van der Waals surface area contributed by atoms with Gasteiger partial charge in [0.2, 0.25) is 0 Å². The van der Waals surface area contributed by atoms with Gasteiger partial charge in [-0.25, -0.2) is 0 Å². The van der Waals surface area contributed by atoms with E-state index in [1.807, 2.05) is 31.2 Å². The zero-order valence-electron chi connectivity index (χ0n) is 10.1. The number of para-hydroxylation sites is 1. The molecule has 0 aliphatic heterocycles. The van der Waals surface area contributed by atoms with Crippen molar-refractivity contribution < 1.29 is 10.2 Å². The monoisotopic (exact) mass is 238 g/mol. The molecule has 1 unspecified atom stereocenters. The summed E-state index contributed by atoms with van der Waals surface area (Å²) in [6.07, 6.45) is -0.979. The third-order valence-corrected chi connectivity index (χ3v) is 2.64. The van der Waals surface area contributed by atoms with Crippen LogP contribution in [0.4, 0.5) is 0 Å². The summed E-state index contributed by atoms with van der Waals surface area (Å²) in [5.41, 5.74) is 2.44. The standard InChI is InChI=1S/C16H14O2/c1-12-6-8-13(9-7-12)10-11-16(18)14-4-2-3-5-15(14)17/h2-9,16-18H,1H3. The molecule has 0 saturated heterocycles. The SMILES string of the molecule is Cc1ccc(C#CC(O)c2ccccc2O)cc1. The first-order valence-corrected chi connectivity index (χ1v) is 5.71.